The van der Waals surface area contributed by atoms with Crippen LogP contribution in [0.4, 0.5) is 18.9 Å². The number of rotatable bonds is 6. The van der Waals surface area contributed by atoms with Gasteiger partial charge in [-0.1, -0.05) is 0 Å². The Morgan fingerprint density at radius 1 is 0.786 bits per heavy atom. The number of hydrogen-bond donors (Lipinski definition) is 1. The maximum atomic E-state index is 13.1. The lowest BCUT2D eigenvalue weighted by Gasteiger charge is -2.08. The third-order valence-electron chi connectivity index (χ3n) is 3.80. The average molecular weight is 385 g/mol. The van der Waals surface area contributed by atoms with E-state index in [2.05, 4.69) is 5.32 Å². The second-order valence-electron chi connectivity index (χ2n) is 5.83. The molecule has 1 amide bonds. The van der Waals surface area contributed by atoms with E-state index in [1.807, 2.05) is 0 Å². The second-order valence-corrected chi connectivity index (χ2v) is 5.83. The van der Waals surface area contributed by atoms with Crippen LogP contribution in [0.5, 0.6) is 5.75 Å². The molecule has 4 nitrogen and oxygen atoms in total. The highest BCUT2D eigenvalue weighted by Gasteiger charge is 2.10. The van der Waals surface area contributed by atoms with Crippen LogP contribution in [0.15, 0.2) is 66.7 Å². The molecule has 1 N–H and O–H groups in total. The Balaban J connectivity index is 1.56. The Morgan fingerprint density at radius 2 is 1.39 bits per heavy atom. The van der Waals surface area contributed by atoms with Crippen LogP contribution in [-0.2, 0) is 4.79 Å². The Labute approximate surface area is 158 Å². The maximum Gasteiger partial charge on any atom is 0.262 e. The Hall–Kier alpha value is -3.61. The van der Waals surface area contributed by atoms with Crippen LogP contribution >= 0.6 is 0 Å². The van der Waals surface area contributed by atoms with Gasteiger partial charge in [0.25, 0.3) is 5.91 Å². The molecule has 0 radical (unpaired) electrons. The lowest BCUT2D eigenvalue weighted by atomic mass is 10.0. The summed E-state index contributed by atoms with van der Waals surface area (Å²) in [4.78, 5) is 24.1. The molecule has 0 bridgehead atoms. The van der Waals surface area contributed by atoms with Gasteiger partial charge >= 0.3 is 0 Å². The first-order valence-corrected chi connectivity index (χ1v) is 8.20. The summed E-state index contributed by atoms with van der Waals surface area (Å²) in [5, 5.41) is 2.38. The van der Waals surface area contributed by atoms with Crippen LogP contribution in [0.25, 0.3) is 0 Å². The average Bonchev–Trinajstić information content (AvgIpc) is 2.70. The third kappa shape index (κ3) is 4.76. The van der Waals surface area contributed by atoms with E-state index in [9.17, 15) is 22.8 Å². The highest BCUT2D eigenvalue weighted by atomic mass is 19.2. The Morgan fingerprint density at radius 3 is 2.00 bits per heavy atom. The van der Waals surface area contributed by atoms with E-state index in [0.29, 0.717) is 16.9 Å². The molecule has 0 aromatic heterocycles. The third-order valence-corrected chi connectivity index (χ3v) is 3.80. The number of halogens is 3. The van der Waals surface area contributed by atoms with Gasteiger partial charge < -0.3 is 10.1 Å². The molecule has 0 saturated heterocycles. The summed E-state index contributed by atoms with van der Waals surface area (Å²) in [5.74, 6) is -3.00. The molecule has 0 aliphatic carbocycles. The van der Waals surface area contributed by atoms with E-state index in [-0.39, 0.29) is 18.1 Å². The van der Waals surface area contributed by atoms with Gasteiger partial charge in [-0.3, -0.25) is 9.59 Å². The molecule has 0 fully saturated rings. The minimum atomic E-state index is -1.07. The van der Waals surface area contributed by atoms with Crippen molar-refractivity contribution in [3.8, 4) is 5.75 Å². The number of nitrogens with one attached hydrogen (secondary N) is 1. The topological polar surface area (TPSA) is 55.4 Å². The first-order chi connectivity index (χ1) is 13.4. The fourth-order valence-corrected chi connectivity index (χ4v) is 2.39. The Kier molecular flexibility index (Phi) is 5.74. The van der Waals surface area contributed by atoms with Gasteiger partial charge in [0.1, 0.15) is 11.6 Å². The van der Waals surface area contributed by atoms with Crippen molar-refractivity contribution < 1.29 is 27.5 Å². The number of ketones is 1. The first-order valence-electron chi connectivity index (χ1n) is 8.20. The van der Waals surface area contributed by atoms with E-state index >= 15 is 0 Å². The normalized spacial score (nSPS) is 10.4. The molecule has 0 aliphatic rings. The monoisotopic (exact) mass is 385 g/mol. The molecule has 0 atom stereocenters. The molecule has 3 aromatic carbocycles. The molecule has 28 heavy (non-hydrogen) atoms. The molecular formula is C21H14F3NO3. The standard InChI is InChI=1S/C21H14F3NO3/c22-15-5-1-13(2-6-15)21(27)14-3-8-17(9-4-14)28-12-20(26)25-16-7-10-18(23)19(24)11-16/h1-11H,12H2,(H,25,26). The van der Waals surface area contributed by atoms with E-state index in [0.717, 1.165) is 12.1 Å². The second kappa shape index (κ2) is 8.39. The van der Waals surface area contributed by atoms with Gasteiger partial charge in [-0.25, -0.2) is 13.2 Å². The van der Waals surface area contributed by atoms with E-state index in [1.54, 1.807) is 0 Å². The molecule has 3 rings (SSSR count). The van der Waals surface area contributed by atoms with Gasteiger partial charge in [0.15, 0.2) is 24.0 Å². The highest BCUT2D eigenvalue weighted by Crippen LogP contribution is 2.17. The minimum absolute atomic E-state index is 0.104. The van der Waals surface area contributed by atoms with Crippen LogP contribution < -0.4 is 10.1 Å². The summed E-state index contributed by atoms with van der Waals surface area (Å²) in [5.41, 5.74) is 0.832. The summed E-state index contributed by atoms with van der Waals surface area (Å²) < 4.78 is 44.2. The predicted molar refractivity (Wildman–Crippen MR) is 96.8 cm³/mol. The van der Waals surface area contributed by atoms with Crippen LogP contribution in [0.3, 0.4) is 0 Å². The Bertz CT molecular complexity index is 1000. The van der Waals surface area contributed by atoms with Crippen molar-refractivity contribution in [3.05, 3.63) is 95.3 Å². The minimum Gasteiger partial charge on any atom is -0.484 e. The van der Waals surface area contributed by atoms with Crippen molar-refractivity contribution in [1.82, 2.24) is 0 Å². The van der Waals surface area contributed by atoms with Crippen LogP contribution in [0.1, 0.15) is 15.9 Å². The fourth-order valence-electron chi connectivity index (χ4n) is 2.39. The van der Waals surface area contributed by atoms with Gasteiger partial charge in [0.05, 0.1) is 0 Å². The van der Waals surface area contributed by atoms with Gasteiger partial charge in [0, 0.05) is 22.9 Å². The van der Waals surface area contributed by atoms with Crippen molar-refractivity contribution in [2.75, 3.05) is 11.9 Å². The largest absolute Gasteiger partial charge is 0.484 e. The number of ether oxygens (including phenoxy) is 1. The number of benzene rings is 3. The molecule has 0 heterocycles. The van der Waals surface area contributed by atoms with Crippen molar-refractivity contribution in [3.63, 3.8) is 0 Å². The number of carbonyl (C=O) groups is 2. The molecule has 7 heteroatoms. The zero-order valence-corrected chi connectivity index (χ0v) is 14.4. The highest BCUT2D eigenvalue weighted by molar-refractivity contribution is 6.09. The van der Waals surface area contributed by atoms with Gasteiger partial charge in [-0.05, 0) is 60.7 Å². The quantitative estimate of drug-likeness (QED) is 0.642. The van der Waals surface area contributed by atoms with Crippen molar-refractivity contribution in [2.45, 2.75) is 0 Å². The van der Waals surface area contributed by atoms with E-state index in [4.69, 9.17) is 4.74 Å². The number of amides is 1. The van der Waals surface area contributed by atoms with Gasteiger partial charge in [0.2, 0.25) is 0 Å². The molecule has 0 saturated carbocycles. The zero-order chi connectivity index (χ0) is 20.1. The smallest absolute Gasteiger partial charge is 0.262 e. The van der Waals surface area contributed by atoms with Gasteiger partial charge in [-0.15, -0.1) is 0 Å². The number of anilines is 1. The summed E-state index contributed by atoms with van der Waals surface area (Å²) in [6, 6.07) is 14.3. The van der Waals surface area contributed by atoms with Crippen LogP contribution in [0, 0.1) is 17.5 Å². The molecule has 0 spiro atoms. The molecular weight excluding hydrogens is 371 g/mol. The lowest BCUT2D eigenvalue weighted by molar-refractivity contribution is -0.118. The van der Waals surface area contributed by atoms with Crippen molar-refractivity contribution >= 4 is 17.4 Å². The first kappa shape index (κ1) is 19.2. The molecule has 0 unspecified atom stereocenters. The summed E-state index contributed by atoms with van der Waals surface area (Å²) in [6.45, 7) is -0.357. The van der Waals surface area contributed by atoms with Crippen molar-refractivity contribution in [1.29, 1.82) is 0 Å². The molecule has 142 valence electrons. The van der Waals surface area contributed by atoms with Crippen LogP contribution in [0.2, 0.25) is 0 Å². The summed E-state index contributed by atoms with van der Waals surface area (Å²) in [6.07, 6.45) is 0. The fraction of sp³-hybridized carbons (Fsp3) is 0.0476. The van der Waals surface area contributed by atoms with E-state index < -0.39 is 23.4 Å². The summed E-state index contributed by atoms with van der Waals surface area (Å²) in [7, 11) is 0. The lowest BCUT2D eigenvalue weighted by Crippen LogP contribution is -2.20. The maximum absolute atomic E-state index is 13.1. The molecule has 3 aromatic rings. The molecule has 0 aliphatic heterocycles. The van der Waals surface area contributed by atoms with Gasteiger partial charge in [-0.2, -0.15) is 0 Å². The zero-order valence-electron chi connectivity index (χ0n) is 14.4. The SMILES string of the molecule is O=C(COc1ccc(C(=O)c2ccc(F)cc2)cc1)Nc1ccc(F)c(F)c1. The number of hydrogen-bond acceptors (Lipinski definition) is 3. The number of carbonyl (C=O) groups excluding carboxylic acids is 2. The predicted octanol–water partition coefficient (Wildman–Crippen LogP) is 4.35. The summed E-state index contributed by atoms with van der Waals surface area (Å²) >= 11 is 0. The van der Waals surface area contributed by atoms with E-state index in [1.165, 1.54) is 54.6 Å². The van der Waals surface area contributed by atoms with Crippen LogP contribution in [-0.4, -0.2) is 18.3 Å². The van der Waals surface area contributed by atoms with Crippen molar-refractivity contribution in [2.24, 2.45) is 0 Å².